The molecule has 2 saturated heterocycles. The molecule has 0 spiro atoms. The average Bonchev–Trinajstić information content (AvgIpc) is 2.61. The Labute approximate surface area is 140 Å². The molecular weight excluding hydrogens is 292 g/mol. The fourth-order valence-corrected chi connectivity index (χ4v) is 3.88. The minimum atomic E-state index is -0.258. The Morgan fingerprint density at radius 3 is 2.39 bits per heavy atom. The number of carbonyl (C=O) groups excluding carboxylic acids is 2. The molecular formula is C18H32N2O3. The summed E-state index contributed by atoms with van der Waals surface area (Å²) in [5, 5.41) is 9.63. The molecule has 0 aromatic heterocycles. The van der Waals surface area contributed by atoms with Crippen molar-refractivity contribution < 1.29 is 14.7 Å². The van der Waals surface area contributed by atoms with Gasteiger partial charge in [-0.2, -0.15) is 0 Å². The van der Waals surface area contributed by atoms with E-state index in [1.54, 1.807) is 0 Å². The third-order valence-corrected chi connectivity index (χ3v) is 5.79. The quantitative estimate of drug-likeness (QED) is 0.843. The molecule has 0 bridgehead atoms. The Morgan fingerprint density at radius 1 is 1.13 bits per heavy atom. The summed E-state index contributed by atoms with van der Waals surface area (Å²) < 4.78 is 0. The topological polar surface area (TPSA) is 60.9 Å². The molecule has 0 aromatic carbocycles. The summed E-state index contributed by atoms with van der Waals surface area (Å²) in [5.41, 5.74) is -0.0128. The molecule has 0 aromatic rings. The number of rotatable bonds is 5. The first-order valence-corrected chi connectivity index (χ1v) is 9.26. The van der Waals surface area contributed by atoms with E-state index in [0.29, 0.717) is 19.5 Å². The van der Waals surface area contributed by atoms with Gasteiger partial charge in [-0.05, 0) is 50.4 Å². The Kier molecular flexibility index (Phi) is 6.45. The summed E-state index contributed by atoms with van der Waals surface area (Å²) in [6.07, 6.45) is 6.86. The molecule has 2 aliphatic heterocycles. The second kappa shape index (κ2) is 8.13. The van der Waals surface area contributed by atoms with Gasteiger partial charge in [0.15, 0.2) is 0 Å². The molecule has 0 saturated carbocycles. The van der Waals surface area contributed by atoms with E-state index in [4.69, 9.17) is 0 Å². The summed E-state index contributed by atoms with van der Waals surface area (Å²) in [5.74, 6) is 0.248. The number of aliphatic hydroxyl groups is 1. The first-order valence-electron chi connectivity index (χ1n) is 9.26. The molecule has 1 atom stereocenters. The highest BCUT2D eigenvalue weighted by Crippen LogP contribution is 2.35. The molecule has 1 N–H and O–H groups in total. The fraction of sp³-hybridized carbons (Fsp3) is 0.889. The standard InChI is InChI=1S/C18H32N2O3/c1-3-7-16(22)20-11-6-5-8-15(20)17(23)19-12-9-18(4-2,14-21)10-13-19/h15,21H,3-14H2,1-2H3. The van der Waals surface area contributed by atoms with E-state index in [2.05, 4.69) is 6.92 Å². The van der Waals surface area contributed by atoms with Crippen molar-refractivity contribution in [3.63, 3.8) is 0 Å². The Morgan fingerprint density at radius 2 is 1.83 bits per heavy atom. The van der Waals surface area contributed by atoms with Gasteiger partial charge in [0.25, 0.3) is 0 Å². The first-order chi connectivity index (χ1) is 11.1. The lowest BCUT2D eigenvalue weighted by molar-refractivity contribution is -0.149. The summed E-state index contributed by atoms with van der Waals surface area (Å²) in [7, 11) is 0. The second-order valence-corrected chi connectivity index (χ2v) is 7.19. The number of piperidine rings is 2. The maximum atomic E-state index is 12.9. The van der Waals surface area contributed by atoms with Gasteiger partial charge in [0.2, 0.25) is 11.8 Å². The number of aliphatic hydroxyl groups excluding tert-OH is 1. The normalized spacial score (nSPS) is 24.6. The highest BCUT2D eigenvalue weighted by Gasteiger charge is 2.38. The van der Waals surface area contributed by atoms with Crippen molar-refractivity contribution in [1.29, 1.82) is 0 Å². The van der Waals surface area contributed by atoms with Gasteiger partial charge in [-0.1, -0.05) is 13.8 Å². The van der Waals surface area contributed by atoms with Crippen LogP contribution in [-0.2, 0) is 9.59 Å². The number of hydrogen-bond acceptors (Lipinski definition) is 3. The van der Waals surface area contributed by atoms with E-state index in [1.165, 1.54) is 0 Å². The maximum Gasteiger partial charge on any atom is 0.245 e. The van der Waals surface area contributed by atoms with Crippen molar-refractivity contribution in [2.75, 3.05) is 26.2 Å². The highest BCUT2D eigenvalue weighted by atomic mass is 16.3. The molecule has 1 unspecified atom stereocenters. The van der Waals surface area contributed by atoms with Crippen LogP contribution in [0.3, 0.4) is 0 Å². The van der Waals surface area contributed by atoms with E-state index in [1.807, 2.05) is 16.7 Å². The van der Waals surface area contributed by atoms with E-state index in [9.17, 15) is 14.7 Å². The monoisotopic (exact) mass is 324 g/mol. The highest BCUT2D eigenvalue weighted by molar-refractivity contribution is 5.88. The Balaban J connectivity index is 1.99. The largest absolute Gasteiger partial charge is 0.396 e. The van der Waals surface area contributed by atoms with Crippen LogP contribution < -0.4 is 0 Å². The average molecular weight is 324 g/mol. The van der Waals surface area contributed by atoms with Crippen LogP contribution in [0.2, 0.25) is 0 Å². The van der Waals surface area contributed by atoms with E-state index in [-0.39, 0.29) is 29.9 Å². The van der Waals surface area contributed by atoms with Crippen LogP contribution in [0.15, 0.2) is 0 Å². The Hall–Kier alpha value is -1.10. The molecule has 5 heteroatoms. The number of carbonyl (C=O) groups is 2. The minimum absolute atomic E-state index is 0.0128. The van der Waals surface area contributed by atoms with Gasteiger partial charge in [0, 0.05) is 32.7 Å². The van der Waals surface area contributed by atoms with Gasteiger partial charge in [0.1, 0.15) is 6.04 Å². The lowest BCUT2D eigenvalue weighted by atomic mass is 9.77. The lowest BCUT2D eigenvalue weighted by Crippen LogP contribution is -2.55. The zero-order valence-corrected chi connectivity index (χ0v) is 14.7. The maximum absolute atomic E-state index is 12.9. The molecule has 0 aliphatic carbocycles. The van der Waals surface area contributed by atoms with Crippen LogP contribution in [0.1, 0.15) is 65.2 Å². The van der Waals surface area contributed by atoms with Crippen LogP contribution in [-0.4, -0.2) is 59.0 Å². The third kappa shape index (κ3) is 4.06. The molecule has 132 valence electrons. The van der Waals surface area contributed by atoms with Crippen LogP contribution in [0, 0.1) is 5.41 Å². The molecule has 2 rings (SSSR count). The smallest absolute Gasteiger partial charge is 0.245 e. The van der Waals surface area contributed by atoms with Crippen molar-refractivity contribution in [1.82, 2.24) is 9.80 Å². The van der Waals surface area contributed by atoms with Crippen LogP contribution >= 0.6 is 0 Å². The van der Waals surface area contributed by atoms with E-state index >= 15 is 0 Å². The van der Waals surface area contributed by atoms with Gasteiger partial charge in [0.05, 0.1) is 0 Å². The molecule has 2 fully saturated rings. The molecule has 5 nitrogen and oxygen atoms in total. The number of hydrogen-bond donors (Lipinski definition) is 1. The van der Waals surface area contributed by atoms with Gasteiger partial charge < -0.3 is 14.9 Å². The zero-order valence-electron chi connectivity index (χ0n) is 14.7. The van der Waals surface area contributed by atoms with Crippen LogP contribution in [0.4, 0.5) is 0 Å². The van der Waals surface area contributed by atoms with Crippen molar-refractivity contribution in [3.05, 3.63) is 0 Å². The van der Waals surface area contributed by atoms with Crippen molar-refractivity contribution >= 4 is 11.8 Å². The predicted molar refractivity (Wildman–Crippen MR) is 89.9 cm³/mol. The minimum Gasteiger partial charge on any atom is -0.396 e. The lowest BCUT2D eigenvalue weighted by Gasteiger charge is -2.43. The molecule has 2 heterocycles. The SMILES string of the molecule is CCCC(=O)N1CCCCC1C(=O)N1CCC(CC)(CO)CC1. The van der Waals surface area contributed by atoms with Crippen molar-refractivity contribution in [3.8, 4) is 0 Å². The van der Waals surface area contributed by atoms with E-state index < -0.39 is 0 Å². The predicted octanol–water partition coefficient (Wildman–Crippen LogP) is 2.18. The number of nitrogens with zero attached hydrogens (tertiary/aromatic N) is 2. The molecule has 23 heavy (non-hydrogen) atoms. The number of amides is 2. The Bertz CT molecular complexity index is 410. The van der Waals surface area contributed by atoms with Gasteiger partial charge in [-0.25, -0.2) is 0 Å². The van der Waals surface area contributed by atoms with Crippen molar-refractivity contribution in [2.45, 2.75) is 71.3 Å². The van der Waals surface area contributed by atoms with Gasteiger partial charge in [-0.3, -0.25) is 9.59 Å². The zero-order chi connectivity index (χ0) is 16.9. The fourth-order valence-electron chi connectivity index (χ4n) is 3.88. The summed E-state index contributed by atoms with van der Waals surface area (Å²) in [6, 6.07) is -0.258. The summed E-state index contributed by atoms with van der Waals surface area (Å²) in [4.78, 5) is 29.0. The summed E-state index contributed by atoms with van der Waals surface area (Å²) in [6.45, 7) is 6.45. The summed E-state index contributed by atoms with van der Waals surface area (Å²) >= 11 is 0. The first kappa shape index (κ1) is 18.2. The van der Waals surface area contributed by atoms with Crippen LogP contribution in [0.5, 0.6) is 0 Å². The molecule has 0 radical (unpaired) electrons. The number of likely N-dealkylation sites (tertiary alicyclic amines) is 2. The van der Waals surface area contributed by atoms with Crippen molar-refractivity contribution in [2.24, 2.45) is 5.41 Å². The van der Waals surface area contributed by atoms with E-state index in [0.717, 1.165) is 51.5 Å². The van der Waals surface area contributed by atoms with Gasteiger partial charge >= 0.3 is 0 Å². The second-order valence-electron chi connectivity index (χ2n) is 7.19. The molecule has 2 aliphatic rings. The van der Waals surface area contributed by atoms with Gasteiger partial charge in [-0.15, -0.1) is 0 Å². The molecule has 2 amide bonds. The van der Waals surface area contributed by atoms with Crippen LogP contribution in [0.25, 0.3) is 0 Å². The third-order valence-electron chi connectivity index (χ3n) is 5.79.